The first-order chi connectivity index (χ1) is 8.60. The van der Waals surface area contributed by atoms with E-state index >= 15 is 0 Å². The highest BCUT2D eigenvalue weighted by Crippen LogP contribution is 2.18. The second-order valence-corrected chi connectivity index (χ2v) is 4.10. The molecule has 1 heterocycles. The summed E-state index contributed by atoms with van der Waals surface area (Å²) in [6.07, 6.45) is 4.31. The first-order valence-corrected chi connectivity index (χ1v) is 5.73. The molecule has 0 aromatic carbocycles. The van der Waals surface area contributed by atoms with E-state index in [4.69, 9.17) is 5.11 Å². The zero-order valence-corrected chi connectivity index (χ0v) is 9.88. The van der Waals surface area contributed by atoms with Crippen LogP contribution in [0.25, 0.3) is 0 Å². The van der Waals surface area contributed by atoms with Crippen LogP contribution in [0.1, 0.15) is 29.8 Å². The maximum Gasteiger partial charge on any atom is 0.310 e. The van der Waals surface area contributed by atoms with Gasteiger partial charge < -0.3 is 10.4 Å². The highest BCUT2D eigenvalue weighted by atomic mass is 16.4. The van der Waals surface area contributed by atoms with Gasteiger partial charge in [-0.25, -0.2) is 4.98 Å². The number of carboxylic acid groups (broad SMARTS) is 1. The molecule has 2 rings (SSSR count). The van der Waals surface area contributed by atoms with Crippen molar-refractivity contribution in [3.8, 4) is 0 Å². The fraction of sp³-hybridized carbons (Fsp3) is 0.455. The van der Waals surface area contributed by atoms with Crippen molar-refractivity contribution in [3.05, 3.63) is 23.8 Å². The predicted molar refractivity (Wildman–Crippen MR) is 61.9 cm³/mol. The quantitative estimate of drug-likeness (QED) is 0.658. The van der Waals surface area contributed by atoms with Crippen LogP contribution in [-0.2, 0) is 11.2 Å². The molecule has 1 amide bonds. The molecule has 0 bridgehead atoms. The maximum atomic E-state index is 11.8. The monoisotopic (exact) mass is 250 g/mol. The summed E-state index contributed by atoms with van der Waals surface area (Å²) in [5, 5.41) is 18.0. The lowest BCUT2D eigenvalue weighted by Gasteiger charge is -2.10. The topological polar surface area (TPSA) is 108 Å². The molecule has 1 aromatic heterocycles. The third kappa shape index (κ3) is 2.55. The molecule has 3 N–H and O–H groups in total. The van der Waals surface area contributed by atoms with Crippen molar-refractivity contribution >= 4 is 11.9 Å². The number of aromatic amines is 1. The van der Waals surface area contributed by atoms with E-state index in [1.54, 1.807) is 12.2 Å². The van der Waals surface area contributed by atoms with Crippen LogP contribution in [0.4, 0.5) is 0 Å². The molecule has 1 aliphatic carbocycles. The Hall–Kier alpha value is -2.18. The van der Waals surface area contributed by atoms with Gasteiger partial charge in [0.25, 0.3) is 5.91 Å². The Morgan fingerprint density at radius 3 is 2.89 bits per heavy atom. The number of nitrogens with one attached hydrogen (secondary N) is 2. The van der Waals surface area contributed by atoms with Crippen LogP contribution in [0.15, 0.2) is 12.2 Å². The second kappa shape index (κ2) is 4.99. The number of hydrogen-bond donors (Lipinski definition) is 3. The van der Waals surface area contributed by atoms with Gasteiger partial charge in [-0.2, -0.15) is 0 Å². The van der Waals surface area contributed by atoms with Crippen LogP contribution in [0, 0.1) is 5.92 Å². The van der Waals surface area contributed by atoms with Gasteiger partial charge >= 0.3 is 5.97 Å². The lowest BCUT2D eigenvalue weighted by Crippen LogP contribution is -2.34. The Morgan fingerprint density at radius 2 is 2.33 bits per heavy atom. The van der Waals surface area contributed by atoms with E-state index in [0.29, 0.717) is 18.7 Å². The minimum absolute atomic E-state index is 0.0824. The van der Waals surface area contributed by atoms with Crippen LogP contribution in [0.3, 0.4) is 0 Å². The fourth-order valence-electron chi connectivity index (χ4n) is 1.78. The molecule has 2 atom stereocenters. The molecule has 0 fully saturated rings. The number of H-pyrrole nitrogens is 1. The minimum Gasteiger partial charge on any atom is -0.481 e. The Morgan fingerprint density at radius 1 is 1.56 bits per heavy atom. The zero-order chi connectivity index (χ0) is 13.1. The summed E-state index contributed by atoms with van der Waals surface area (Å²) in [4.78, 5) is 26.5. The SMILES string of the molecule is CCc1nc(C(=O)NC2C=CC(C(=O)O)C2)n[nH]1. The maximum absolute atomic E-state index is 11.8. The number of nitrogens with zero attached hydrogens (tertiary/aromatic N) is 2. The Labute approximate surface area is 103 Å². The van der Waals surface area contributed by atoms with Gasteiger partial charge in [-0.1, -0.05) is 19.1 Å². The number of carbonyl (C=O) groups excluding carboxylic acids is 1. The summed E-state index contributed by atoms with van der Waals surface area (Å²) in [5.74, 6) is -1.08. The van der Waals surface area contributed by atoms with E-state index in [1.807, 2.05) is 6.92 Å². The van der Waals surface area contributed by atoms with Crippen molar-refractivity contribution < 1.29 is 14.7 Å². The average molecular weight is 250 g/mol. The van der Waals surface area contributed by atoms with Gasteiger partial charge in [-0.05, 0) is 6.42 Å². The molecule has 7 nitrogen and oxygen atoms in total. The molecule has 0 radical (unpaired) electrons. The molecule has 1 aromatic rings. The van der Waals surface area contributed by atoms with Crippen molar-refractivity contribution in [2.45, 2.75) is 25.8 Å². The van der Waals surface area contributed by atoms with Gasteiger partial charge in [-0.15, -0.1) is 5.10 Å². The van der Waals surface area contributed by atoms with Gasteiger partial charge in [0.2, 0.25) is 5.82 Å². The molecule has 0 saturated heterocycles. The lowest BCUT2D eigenvalue weighted by atomic mass is 10.1. The van der Waals surface area contributed by atoms with Crippen LogP contribution in [-0.4, -0.2) is 38.2 Å². The number of amides is 1. The van der Waals surface area contributed by atoms with Gasteiger partial charge in [0, 0.05) is 12.5 Å². The number of aromatic nitrogens is 3. The van der Waals surface area contributed by atoms with Crippen molar-refractivity contribution in [1.82, 2.24) is 20.5 Å². The summed E-state index contributed by atoms with van der Waals surface area (Å²) < 4.78 is 0. The molecule has 1 aliphatic rings. The first-order valence-electron chi connectivity index (χ1n) is 5.73. The molecule has 0 aliphatic heterocycles. The van der Waals surface area contributed by atoms with Crippen molar-refractivity contribution in [3.63, 3.8) is 0 Å². The lowest BCUT2D eigenvalue weighted by molar-refractivity contribution is -0.140. The third-order valence-corrected chi connectivity index (χ3v) is 2.79. The van der Waals surface area contributed by atoms with E-state index in [9.17, 15) is 9.59 Å². The number of rotatable bonds is 4. The molecule has 0 saturated carbocycles. The Kier molecular flexibility index (Phi) is 3.40. The van der Waals surface area contributed by atoms with E-state index in [2.05, 4.69) is 20.5 Å². The van der Waals surface area contributed by atoms with Crippen molar-refractivity contribution in [1.29, 1.82) is 0 Å². The van der Waals surface area contributed by atoms with E-state index in [-0.39, 0.29) is 11.9 Å². The highest BCUT2D eigenvalue weighted by molar-refractivity contribution is 5.90. The van der Waals surface area contributed by atoms with Gasteiger partial charge in [0.15, 0.2) is 0 Å². The van der Waals surface area contributed by atoms with Crippen molar-refractivity contribution in [2.75, 3.05) is 0 Å². The third-order valence-electron chi connectivity index (χ3n) is 2.79. The van der Waals surface area contributed by atoms with Crippen LogP contribution in [0.5, 0.6) is 0 Å². The normalized spacial score (nSPS) is 22.1. The number of carbonyl (C=O) groups is 2. The minimum atomic E-state index is -0.880. The van der Waals surface area contributed by atoms with E-state index in [1.165, 1.54) is 0 Å². The van der Waals surface area contributed by atoms with Gasteiger partial charge in [-0.3, -0.25) is 14.7 Å². The summed E-state index contributed by atoms with van der Waals surface area (Å²) >= 11 is 0. The van der Waals surface area contributed by atoms with Gasteiger partial charge in [0.05, 0.1) is 5.92 Å². The number of hydrogen-bond acceptors (Lipinski definition) is 4. The number of carboxylic acids is 1. The van der Waals surface area contributed by atoms with Gasteiger partial charge in [0.1, 0.15) is 5.82 Å². The largest absolute Gasteiger partial charge is 0.481 e. The fourth-order valence-corrected chi connectivity index (χ4v) is 1.78. The average Bonchev–Trinajstić information content (AvgIpc) is 2.96. The predicted octanol–water partition coefficient (Wildman–Crippen LogP) is 0.126. The van der Waals surface area contributed by atoms with Crippen LogP contribution < -0.4 is 5.32 Å². The standard InChI is InChI=1S/C11H14N4O3/c1-2-8-13-9(15-14-8)10(16)12-7-4-3-6(5-7)11(17)18/h3-4,6-7H,2,5H2,1H3,(H,12,16)(H,17,18)(H,13,14,15). The molecule has 18 heavy (non-hydrogen) atoms. The van der Waals surface area contributed by atoms with Crippen molar-refractivity contribution in [2.24, 2.45) is 5.92 Å². The summed E-state index contributed by atoms with van der Waals surface area (Å²) in [6.45, 7) is 1.90. The summed E-state index contributed by atoms with van der Waals surface area (Å²) in [5.41, 5.74) is 0. The Balaban J connectivity index is 1.93. The smallest absolute Gasteiger partial charge is 0.310 e. The Bertz CT molecular complexity index is 494. The van der Waals surface area contributed by atoms with E-state index < -0.39 is 17.8 Å². The molecule has 0 spiro atoms. The van der Waals surface area contributed by atoms with Crippen LogP contribution >= 0.6 is 0 Å². The van der Waals surface area contributed by atoms with E-state index in [0.717, 1.165) is 0 Å². The molecule has 7 heteroatoms. The first kappa shape index (κ1) is 12.3. The summed E-state index contributed by atoms with van der Waals surface area (Å²) in [6, 6.07) is -0.276. The second-order valence-electron chi connectivity index (χ2n) is 4.10. The van der Waals surface area contributed by atoms with Crippen LogP contribution in [0.2, 0.25) is 0 Å². The number of aryl methyl sites for hydroxylation is 1. The number of aliphatic carboxylic acids is 1. The zero-order valence-electron chi connectivity index (χ0n) is 9.88. The molecule has 96 valence electrons. The molecule has 2 unspecified atom stereocenters. The summed E-state index contributed by atoms with van der Waals surface area (Å²) in [7, 11) is 0. The molecular formula is C11H14N4O3. The molecular weight excluding hydrogens is 236 g/mol. The highest BCUT2D eigenvalue weighted by Gasteiger charge is 2.26.